The number of hydrogen-bond donors (Lipinski definition) is 0. The third-order valence-electron chi connectivity index (χ3n) is 2.89. The minimum absolute atomic E-state index is 0.406. The molecule has 22 heavy (non-hydrogen) atoms. The van der Waals surface area contributed by atoms with Gasteiger partial charge in [0.05, 0.1) is 11.5 Å². The van der Waals surface area contributed by atoms with Crippen LogP contribution in [0.25, 0.3) is 6.08 Å². The molecule has 0 bridgehead atoms. The van der Waals surface area contributed by atoms with Gasteiger partial charge in [0.1, 0.15) is 6.61 Å². The van der Waals surface area contributed by atoms with Gasteiger partial charge in [-0.25, -0.2) is 0 Å². The molecule has 0 N–H and O–H groups in total. The van der Waals surface area contributed by atoms with Crippen molar-refractivity contribution in [2.24, 2.45) is 0 Å². The van der Waals surface area contributed by atoms with Gasteiger partial charge in [0.25, 0.3) is 0 Å². The predicted molar refractivity (Wildman–Crippen MR) is 84.4 cm³/mol. The van der Waals surface area contributed by atoms with Crippen LogP contribution in [0.3, 0.4) is 0 Å². The lowest BCUT2D eigenvalue weighted by Gasteiger charge is -2.12. The van der Waals surface area contributed by atoms with Gasteiger partial charge >= 0.3 is 0 Å². The quantitative estimate of drug-likeness (QED) is 0.574. The van der Waals surface area contributed by atoms with Crippen LogP contribution in [-0.2, 0) is 6.61 Å². The molecule has 0 aromatic heterocycles. The highest BCUT2D eigenvalue weighted by molar-refractivity contribution is 5.55. The summed E-state index contributed by atoms with van der Waals surface area (Å²) in [5.74, 6) is 1.19. The Morgan fingerprint density at radius 2 is 1.86 bits per heavy atom. The van der Waals surface area contributed by atoms with E-state index >= 15 is 0 Å². The lowest BCUT2D eigenvalue weighted by molar-refractivity contribution is -0.400. The molecule has 0 fully saturated rings. The average molecular weight is 299 g/mol. The number of benzene rings is 2. The minimum Gasteiger partial charge on any atom is -0.490 e. The summed E-state index contributed by atoms with van der Waals surface area (Å²) in [6.45, 7) is 2.82. The molecule has 0 radical (unpaired) electrons. The Morgan fingerprint density at radius 3 is 2.55 bits per heavy atom. The molecule has 114 valence electrons. The summed E-state index contributed by atoms with van der Waals surface area (Å²) in [7, 11) is 0. The van der Waals surface area contributed by atoms with E-state index in [4.69, 9.17) is 9.47 Å². The van der Waals surface area contributed by atoms with Gasteiger partial charge in [-0.2, -0.15) is 0 Å². The van der Waals surface area contributed by atoms with Crippen molar-refractivity contribution in [2.75, 3.05) is 6.61 Å². The van der Waals surface area contributed by atoms with E-state index in [1.807, 2.05) is 37.3 Å². The van der Waals surface area contributed by atoms with Crippen molar-refractivity contribution in [2.45, 2.75) is 13.5 Å². The SMILES string of the molecule is CCOc1ccc(C=C[N+](=O)[O-])cc1OCc1ccccc1. The summed E-state index contributed by atoms with van der Waals surface area (Å²) in [4.78, 5) is 9.90. The predicted octanol–water partition coefficient (Wildman–Crippen LogP) is 3.91. The van der Waals surface area contributed by atoms with E-state index in [2.05, 4.69) is 0 Å². The van der Waals surface area contributed by atoms with Crippen molar-refractivity contribution < 1.29 is 14.4 Å². The smallest absolute Gasteiger partial charge is 0.235 e. The summed E-state index contributed by atoms with van der Waals surface area (Å²) in [6, 6.07) is 15.0. The Hall–Kier alpha value is -2.82. The Labute approximate surface area is 129 Å². The van der Waals surface area contributed by atoms with Gasteiger partial charge in [0.15, 0.2) is 11.5 Å². The number of nitro groups is 1. The van der Waals surface area contributed by atoms with Gasteiger partial charge < -0.3 is 9.47 Å². The summed E-state index contributed by atoms with van der Waals surface area (Å²) in [5, 5.41) is 10.4. The van der Waals surface area contributed by atoms with Crippen molar-refractivity contribution in [1.82, 2.24) is 0 Å². The monoisotopic (exact) mass is 299 g/mol. The zero-order valence-corrected chi connectivity index (χ0v) is 12.3. The summed E-state index contributed by atoms with van der Waals surface area (Å²) < 4.78 is 11.3. The maximum Gasteiger partial charge on any atom is 0.235 e. The van der Waals surface area contributed by atoms with Crippen LogP contribution in [0.2, 0.25) is 0 Å². The molecule has 0 saturated carbocycles. The fourth-order valence-electron chi connectivity index (χ4n) is 1.90. The molecule has 0 amide bonds. The second-order valence-electron chi connectivity index (χ2n) is 4.51. The first kappa shape index (κ1) is 15.6. The van der Waals surface area contributed by atoms with E-state index in [9.17, 15) is 10.1 Å². The van der Waals surface area contributed by atoms with E-state index in [1.54, 1.807) is 18.2 Å². The average Bonchev–Trinajstić information content (AvgIpc) is 2.53. The molecular formula is C17H17NO4. The van der Waals surface area contributed by atoms with Crippen molar-refractivity contribution in [3.8, 4) is 11.5 Å². The lowest BCUT2D eigenvalue weighted by Crippen LogP contribution is -2.00. The summed E-state index contributed by atoms with van der Waals surface area (Å²) in [5.41, 5.74) is 1.72. The first-order valence-electron chi connectivity index (χ1n) is 6.94. The second-order valence-corrected chi connectivity index (χ2v) is 4.51. The van der Waals surface area contributed by atoms with Crippen LogP contribution in [0.15, 0.2) is 54.7 Å². The molecule has 0 aliphatic carbocycles. The van der Waals surface area contributed by atoms with Crippen LogP contribution < -0.4 is 9.47 Å². The molecule has 0 atom stereocenters. The van der Waals surface area contributed by atoms with Crippen LogP contribution in [0.5, 0.6) is 11.5 Å². The number of hydrogen-bond acceptors (Lipinski definition) is 4. The second kappa shape index (κ2) is 7.83. The van der Waals surface area contributed by atoms with E-state index in [0.29, 0.717) is 30.3 Å². The minimum atomic E-state index is -0.499. The molecule has 0 saturated heterocycles. The van der Waals surface area contributed by atoms with Crippen molar-refractivity contribution in [3.05, 3.63) is 76.0 Å². The van der Waals surface area contributed by atoms with E-state index in [-0.39, 0.29) is 0 Å². The third-order valence-corrected chi connectivity index (χ3v) is 2.89. The molecule has 0 aliphatic rings. The fourth-order valence-corrected chi connectivity index (χ4v) is 1.90. The molecular weight excluding hydrogens is 282 g/mol. The molecule has 0 unspecified atom stereocenters. The van der Waals surface area contributed by atoms with E-state index < -0.39 is 4.92 Å². The zero-order valence-electron chi connectivity index (χ0n) is 12.3. The molecule has 2 rings (SSSR count). The zero-order chi connectivity index (χ0) is 15.8. The van der Waals surface area contributed by atoms with Gasteiger partial charge in [-0.15, -0.1) is 0 Å². The highest BCUT2D eigenvalue weighted by Gasteiger charge is 2.06. The van der Waals surface area contributed by atoms with Crippen LogP contribution in [-0.4, -0.2) is 11.5 Å². The standard InChI is InChI=1S/C17H17NO4/c1-2-21-16-9-8-14(10-11-18(19)20)12-17(16)22-13-15-6-4-3-5-7-15/h3-12H,2,13H2,1H3. The van der Waals surface area contributed by atoms with Crippen molar-refractivity contribution in [3.63, 3.8) is 0 Å². The van der Waals surface area contributed by atoms with Gasteiger partial charge in [0, 0.05) is 6.08 Å². The largest absolute Gasteiger partial charge is 0.490 e. The maximum absolute atomic E-state index is 10.4. The molecule has 2 aromatic carbocycles. The van der Waals surface area contributed by atoms with Crippen molar-refractivity contribution >= 4 is 6.08 Å². The Balaban J connectivity index is 2.17. The topological polar surface area (TPSA) is 61.6 Å². The fraction of sp³-hybridized carbons (Fsp3) is 0.176. The molecule has 5 nitrogen and oxygen atoms in total. The third kappa shape index (κ3) is 4.63. The lowest BCUT2D eigenvalue weighted by atomic mass is 10.2. The van der Waals surface area contributed by atoms with Gasteiger partial charge in [-0.05, 0) is 30.2 Å². The first-order valence-corrected chi connectivity index (χ1v) is 6.94. The molecule has 2 aromatic rings. The highest BCUT2D eigenvalue weighted by atomic mass is 16.6. The summed E-state index contributed by atoms with van der Waals surface area (Å²) in [6.07, 6.45) is 2.32. The van der Waals surface area contributed by atoms with Gasteiger partial charge in [-0.1, -0.05) is 36.4 Å². The number of rotatable bonds is 7. The van der Waals surface area contributed by atoms with Crippen LogP contribution in [0.4, 0.5) is 0 Å². The van der Waals surface area contributed by atoms with Crippen LogP contribution in [0, 0.1) is 10.1 Å². The first-order chi connectivity index (χ1) is 10.7. The Morgan fingerprint density at radius 1 is 1.09 bits per heavy atom. The maximum atomic E-state index is 10.4. The summed E-state index contributed by atoms with van der Waals surface area (Å²) >= 11 is 0. The molecule has 0 aliphatic heterocycles. The Bertz CT molecular complexity index is 653. The van der Waals surface area contributed by atoms with Crippen LogP contribution in [0.1, 0.15) is 18.1 Å². The van der Waals surface area contributed by atoms with Crippen molar-refractivity contribution in [1.29, 1.82) is 0 Å². The number of ether oxygens (including phenoxy) is 2. The molecule has 5 heteroatoms. The Kier molecular flexibility index (Phi) is 5.54. The van der Waals surface area contributed by atoms with Gasteiger partial charge in [0.2, 0.25) is 6.20 Å². The normalized spacial score (nSPS) is 10.6. The van der Waals surface area contributed by atoms with E-state index in [0.717, 1.165) is 11.8 Å². The van der Waals surface area contributed by atoms with Crippen LogP contribution >= 0.6 is 0 Å². The van der Waals surface area contributed by atoms with E-state index in [1.165, 1.54) is 6.08 Å². The number of nitrogens with zero attached hydrogens (tertiary/aromatic N) is 1. The highest BCUT2D eigenvalue weighted by Crippen LogP contribution is 2.29. The van der Waals surface area contributed by atoms with Gasteiger partial charge in [-0.3, -0.25) is 10.1 Å². The molecule has 0 heterocycles. The molecule has 0 spiro atoms.